The number of amides is 1. The molecule has 0 radical (unpaired) electrons. The third-order valence-corrected chi connectivity index (χ3v) is 3.74. The van der Waals surface area contributed by atoms with E-state index in [1.165, 1.54) is 10.9 Å². The van der Waals surface area contributed by atoms with E-state index in [4.69, 9.17) is 4.74 Å². The lowest BCUT2D eigenvalue weighted by atomic mass is 10.0. The molecule has 9 nitrogen and oxygen atoms in total. The summed E-state index contributed by atoms with van der Waals surface area (Å²) in [6.45, 7) is 7.16. The molecule has 0 saturated carbocycles. The number of carbonyl (C=O) groups excluding carboxylic acids is 1. The van der Waals surface area contributed by atoms with Crippen molar-refractivity contribution < 1.29 is 19.4 Å². The Morgan fingerprint density at radius 3 is 2.63 bits per heavy atom. The molecule has 1 heterocycles. The van der Waals surface area contributed by atoms with Gasteiger partial charge in [0.15, 0.2) is 12.1 Å². The summed E-state index contributed by atoms with van der Waals surface area (Å²) in [4.78, 5) is 25.3. The summed E-state index contributed by atoms with van der Waals surface area (Å²) in [7, 11) is 0. The predicted octanol–water partition coefficient (Wildman–Crippen LogP) is 1.31. The smallest absolute Gasteiger partial charge is 0.328 e. The van der Waals surface area contributed by atoms with Crippen molar-refractivity contribution in [2.75, 3.05) is 13.2 Å². The highest BCUT2D eigenvalue weighted by molar-refractivity contribution is 5.86. The zero-order valence-corrected chi connectivity index (χ0v) is 15.3. The minimum atomic E-state index is -1.19. The van der Waals surface area contributed by atoms with Gasteiger partial charge in [0.2, 0.25) is 11.7 Å². The number of rotatable bonds is 10. The normalized spacial score (nSPS) is 13.1. The largest absolute Gasteiger partial charge is 0.480 e. The van der Waals surface area contributed by atoms with Gasteiger partial charge in [0.05, 0.1) is 13.2 Å². The molecule has 0 bridgehead atoms. The maximum atomic E-state index is 12.7. The summed E-state index contributed by atoms with van der Waals surface area (Å²) in [6, 6.07) is 7.25. The molecule has 1 amide bonds. The predicted molar refractivity (Wildman–Crippen MR) is 97.7 cm³/mol. The number of benzene rings is 1. The van der Waals surface area contributed by atoms with E-state index >= 15 is 0 Å². The van der Waals surface area contributed by atoms with Crippen LogP contribution < -0.4 is 5.32 Å². The topological polar surface area (TPSA) is 119 Å². The van der Waals surface area contributed by atoms with E-state index in [1.807, 2.05) is 44.2 Å². The van der Waals surface area contributed by atoms with Crippen LogP contribution in [0.1, 0.15) is 19.9 Å². The molecule has 9 heteroatoms. The van der Waals surface area contributed by atoms with Gasteiger partial charge in [-0.2, -0.15) is 4.80 Å². The fourth-order valence-electron chi connectivity index (χ4n) is 2.42. The second-order valence-electron chi connectivity index (χ2n) is 6.21. The van der Waals surface area contributed by atoms with Gasteiger partial charge in [-0.05, 0) is 11.1 Å². The average Bonchev–Trinajstić information content (AvgIpc) is 3.11. The first-order valence-corrected chi connectivity index (χ1v) is 8.50. The summed E-state index contributed by atoms with van der Waals surface area (Å²) >= 11 is 0. The minimum absolute atomic E-state index is 0.169. The van der Waals surface area contributed by atoms with E-state index in [0.717, 1.165) is 5.56 Å². The van der Waals surface area contributed by atoms with E-state index < -0.39 is 24.0 Å². The van der Waals surface area contributed by atoms with Gasteiger partial charge in [0.1, 0.15) is 0 Å². The summed E-state index contributed by atoms with van der Waals surface area (Å²) < 4.78 is 5.15. The Morgan fingerprint density at radius 1 is 1.33 bits per heavy atom. The van der Waals surface area contributed by atoms with Crippen LogP contribution in [0.3, 0.4) is 0 Å². The minimum Gasteiger partial charge on any atom is -0.480 e. The van der Waals surface area contributed by atoms with Crippen molar-refractivity contribution in [3.05, 3.63) is 43.0 Å². The van der Waals surface area contributed by atoms with Crippen LogP contribution in [0.5, 0.6) is 0 Å². The summed E-state index contributed by atoms with van der Waals surface area (Å²) in [5.74, 6) is -1.51. The Hall–Kier alpha value is -3.07. The molecule has 2 rings (SSSR count). The molecule has 0 saturated heterocycles. The van der Waals surface area contributed by atoms with Gasteiger partial charge in [-0.15, -0.1) is 16.8 Å². The van der Waals surface area contributed by atoms with Crippen molar-refractivity contribution >= 4 is 11.9 Å². The number of nitrogens with zero attached hydrogens (tertiary/aromatic N) is 4. The lowest BCUT2D eigenvalue weighted by molar-refractivity contribution is -0.144. The maximum Gasteiger partial charge on any atom is 0.328 e. The Kier molecular flexibility index (Phi) is 7.18. The number of ether oxygens (including phenoxy) is 1. The van der Waals surface area contributed by atoms with Crippen LogP contribution in [-0.2, 0) is 14.3 Å². The molecular weight excluding hydrogens is 350 g/mol. The van der Waals surface area contributed by atoms with Gasteiger partial charge in [-0.3, -0.25) is 4.79 Å². The van der Waals surface area contributed by atoms with E-state index in [-0.39, 0.29) is 19.1 Å². The monoisotopic (exact) mass is 373 g/mol. The molecule has 2 aromatic rings. The van der Waals surface area contributed by atoms with E-state index in [9.17, 15) is 14.7 Å². The Balaban J connectivity index is 2.16. The number of hydrogen-bond donors (Lipinski definition) is 2. The van der Waals surface area contributed by atoms with Crippen molar-refractivity contribution in [1.82, 2.24) is 25.5 Å². The summed E-state index contributed by atoms with van der Waals surface area (Å²) in [5.41, 5.74) is 0.771. The fraction of sp³-hybridized carbons (Fsp3) is 0.389. The number of hydrogen-bond acceptors (Lipinski definition) is 6. The first-order valence-electron chi connectivity index (χ1n) is 8.50. The highest BCUT2D eigenvalue weighted by atomic mass is 16.5. The lowest BCUT2D eigenvalue weighted by Gasteiger charge is -2.21. The number of aromatic nitrogens is 4. The van der Waals surface area contributed by atoms with Crippen LogP contribution in [0, 0.1) is 5.92 Å². The molecule has 0 spiro atoms. The molecular formula is C18H23N5O4. The number of carbonyl (C=O) groups is 2. The van der Waals surface area contributed by atoms with E-state index in [1.54, 1.807) is 0 Å². The number of aliphatic carboxylic acids is 1. The molecule has 2 unspecified atom stereocenters. The Morgan fingerprint density at radius 2 is 2.04 bits per heavy atom. The van der Waals surface area contributed by atoms with Gasteiger partial charge in [-0.1, -0.05) is 50.3 Å². The molecule has 2 N–H and O–H groups in total. The lowest BCUT2D eigenvalue weighted by Crippen LogP contribution is -2.48. The summed E-state index contributed by atoms with van der Waals surface area (Å²) in [5, 5.41) is 24.0. The first kappa shape index (κ1) is 20.2. The molecule has 0 aliphatic heterocycles. The van der Waals surface area contributed by atoms with Crippen molar-refractivity contribution in [2.24, 2.45) is 5.92 Å². The maximum absolute atomic E-state index is 12.7. The Labute approximate surface area is 157 Å². The number of carboxylic acid groups (broad SMARTS) is 1. The third-order valence-electron chi connectivity index (χ3n) is 3.74. The number of tetrazole rings is 1. The second-order valence-corrected chi connectivity index (χ2v) is 6.21. The van der Waals surface area contributed by atoms with Crippen LogP contribution >= 0.6 is 0 Å². The standard InChI is InChI=1S/C18H23N5O4/c1-4-10-27-11-14(18(25)26)19-17(24)15(12(2)3)23-21-16(20-22-23)13-8-6-5-7-9-13/h4-9,12,14-15H,1,10-11H2,2-3H3,(H,19,24)(H,25,26). The van der Waals surface area contributed by atoms with Crippen LogP contribution in [0.25, 0.3) is 11.4 Å². The van der Waals surface area contributed by atoms with Crippen molar-refractivity contribution in [2.45, 2.75) is 25.9 Å². The first-order chi connectivity index (χ1) is 12.9. The SMILES string of the molecule is C=CCOCC(NC(=O)C(C(C)C)n1nnc(-c2ccccc2)n1)C(=O)O. The van der Waals surface area contributed by atoms with Gasteiger partial charge in [0.25, 0.3) is 0 Å². The van der Waals surface area contributed by atoms with Crippen molar-refractivity contribution in [1.29, 1.82) is 0 Å². The van der Waals surface area contributed by atoms with Gasteiger partial charge in [-0.25, -0.2) is 4.79 Å². The fourth-order valence-corrected chi connectivity index (χ4v) is 2.42. The van der Waals surface area contributed by atoms with Crippen molar-refractivity contribution in [3.63, 3.8) is 0 Å². The number of nitrogens with one attached hydrogen (secondary N) is 1. The van der Waals surface area contributed by atoms with E-state index in [2.05, 4.69) is 27.3 Å². The highest BCUT2D eigenvalue weighted by Crippen LogP contribution is 2.19. The molecule has 2 atom stereocenters. The third kappa shape index (κ3) is 5.45. The number of carboxylic acids is 1. The zero-order valence-electron chi connectivity index (χ0n) is 15.3. The molecule has 0 fully saturated rings. The van der Waals surface area contributed by atoms with Crippen LogP contribution in [0.15, 0.2) is 43.0 Å². The molecule has 0 aliphatic rings. The van der Waals surface area contributed by atoms with E-state index in [0.29, 0.717) is 5.82 Å². The second kappa shape index (κ2) is 9.58. The molecule has 1 aromatic heterocycles. The van der Waals surface area contributed by atoms with Gasteiger partial charge >= 0.3 is 5.97 Å². The van der Waals surface area contributed by atoms with Crippen molar-refractivity contribution in [3.8, 4) is 11.4 Å². The molecule has 144 valence electrons. The molecule has 0 aliphatic carbocycles. The van der Waals surface area contributed by atoms with Crippen LogP contribution in [0.4, 0.5) is 0 Å². The van der Waals surface area contributed by atoms with Crippen LogP contribution in [-0.4, -0.2) is 56.4 Å². The zero-order chi connectivity index (χ0) is 19.8. The molecule has 27 heavy (non-hydrogen) atoms. The van der Waals surface area contributed by atoms with Gasteiger partial charge in [0, 0.05) is 5.56 Å². The average molecular weight is 373 g/mol. The van der Waals surface area contributed by atoms with Gasteiger partial charge < -0.3 is 15.2 Å². The highest BCUT2D eigenvalue weighted by Gasteiger charge is 2.31. The molecule has 1 aromatic carbocycles. The quantitative estimate of drug-likeness (QED) is 0.476. The van der Waals surface area contributed by atoms with Crippen LogP contribution in [0.2, 0.25) is 0 Å². The Bertz CT molecular complexity index is 775. The summed E-state index contributed by atoms with van der Waals surface area (Å²) in [6.07, 6.45) is 1.50.